The van der Waals surface area contributed by atoms with Crippen LogP contribution in [0.3, 0.4) is 0 Å². The fourth-order valence-corrected chi connectivity index (χ4v) is 2.89. The maximum atomic E-state index is 12.3. The van der Waals surface area contributed by atoms with Crippen molar-refractivity contribution in [2.24, 2.45) is 0 Å². The van der Waals surface area contributed by atoms with Crippen LogP contribution in [-0.2, 0) is 0 Å². The minimum atomic E-state index is -0.213. The molecule has 0 unspecified atom stereocenters. The first-order valence-corrected chi connectivity index (χ1v) is 7.48. The molecule has 0 aliphatic rings. The Morgan fingerprint density at radius 3 is 2.62 bits per heavy atom. The third-order valence-corrected chi connectivity index (χ3v) is 4.09. The molecular formula is C17H14BrNO2. The third-order valence-electron chi connectivity index (χ3n) is 3.37. The summed E-state index contributed by atoms with van der Waals surface area (Å²) in [5, 5.41) is 3.88. The van der Waals surface area contributed by atoms with Gasteiger partial charge in [0.2, 0.25) is 0 Å². The number of amides is 1. The number of halogens is 1. The van der Waals surface area contributed by atoms with Gasteiger partial charge < -0.3 is 9.73 Å². The number of rotatable bonds is 3. The van der Waals surface area contributed by atoms with Gasteiger partial charge in [-0.15, -0.1) is 0 Å². The van der Waals surface area contributed by atoms with E-state index in [0.717, 1.165) is 21.0 Å². The number of fused-ring (bicyclic) bond motifs is 1. The smallest absolute Gasteiger partial charge is 0.287 e. The summed E-state index contributed by atoms with van der Waals surface area (Å²) in [7, 11) is 0. The maximum absolute atomic E-state index is 12.3. The Bertz CT molecular complexity index is 761. The van der Waals surface area contributed by atoms with Crippen LogP contribution in [0.2, 0.25) is 0 Å². The summed E-state index contributed by atoms with van der Waals surface area (Å²) in [4.78, 5) is 12.3. The highest BCUT2D eigenvalue weighted by atomic mass is 79.9. The molecule has 21 heavy (non-hydrogen) atoms. The highest BCUT2D eigenvalue weighted by molar-refractivity contribution is 9.10. The van der Waals surface area contributed by atoms with Gasteiger partial charge in [0.1, 0.15) is 5.58 Å². The lowest BCUT2D eigenvalue weighted by Crippen LogP contribution is -2.26. The van der Waals surface area contributed by atoms with E-state index in [0.29, 0.717) is 5.76 Å². The van der Waals surface area contributed by atoms with Gasteiger partial charge >= 0.3 is 0 Å². The fourth-order valence-electron chi connectivity index (χ4n) is 2.27. The molecule has 1 atom stereocenters. The number of hydrogen-bond acceptors (Lipinski definition) is 2. The van der Waals surface area contributed by atoms with Crippen LogP contribution in [0.1, 0.15) is 29.1 Å². The maximum Gasteiger partial charge on any atom is 0.287 e. The van der Waals surface area contributed by atoms with Gasteiger partial charge in [-0.3, -0.25) is 4.79 Å². The molecule has 0 aliphatic heterocycles. The van der Waals surface area contributed by atoms with Crippen LogP contribution in [0.5, 0.6) is 0 Å². The molecule has 0 spiro atoms. The fraction of sp³-hybridized carbons (Fsp3) is 0.118. The second-order valence-electron chi connectivity index (χ2n) is 4.87. The van der Waals surface area contributed by atoms with Crippen LogP contribution in [0.4, 0.5) is 0 Å². The molecule has 0 bridgehead atoms. The van der Waals surface area contributed by atoms with Crippen LogP contribution in [-0.4, -0.2) is 5.91 Å². The summed E-state index contributed by atoms with van der Waals surface area (Å²) in [6, 6.07) is 17.1. The monoisotopic (exact) mass is 343 g/mol. The van der Waals surface area contributed by atoms with E-state index in [1.807, 2.05) is 55.5 Å². The van der Waals surface area contributed by atoms with Gasteiger partial charge in [-0.2, -0.15) is 0 Å². The normalized spacial score (nSPS) is 12.3. The molecule has 1 aromatic heterocycles. The van der Waals surface area contributed by atoms with Crippen LogP contribution in [0.25, 0.3) is 11.0 Å². The Morgan fingerprint density at radius 2 is 1.86 bits per heavy atom. The first-order valence-electron chi connectivity index (χ1n) is 6.69. The van der Waals surface area contributed by atoms with E-state index >= 15 is 0 Å². The molecule has 0 saturated heterocycles. The van der Waals surface area contributed by atoms with E-state index in [9.17, 15) is 4.79 Å². The van der Waals surface area contributed by atoms with Gasteiger partial charge in [-0.05, 0) is 30.7 Å². The molecular weight excluding hydrogens is 330 g/mol. The molecule has 0 aliphatic carbocycles. The number of para-hydroxylation sites is 1. The van der Waals surface area contributed by atoms with Crippen molar-refractivity contribution in [1.29, 1.82) is 0 Å². The second-order valence-corrected chi connectivity index (χ2v) is 5.72. The summed E-state index contributed by atoms with van der Waals surface area (Å²) < 4.78 is 6.55. The minimum Gasteiger partial charge on any atom is -0.451 e. The summed E-state index contributed by atoms with van der Waals surface area (Å²) in [6.45, 7) is 1.95. The Kier molecular flexibility index (Phi) is 3.80. The van der Waals surface area contributed by atoms with Crippen LogP contribution in [0, 0.1) is 0 Å². The molecule has 1 N–H and O–H groups in total. The number of nitrogens with one attached hydrogen (secondary N) is 1. The van der Waals surface area contributed by atoms with Crippen molar-refractivity contribution in [1.82, 2.24) is 5.32 Å². The Labute approximate surface area is 131 Å². The molecule has 2 aromatic carbocycles. The Balaban J connectivity index is 1.81. The largest absolute Gasteiger partial charge is 0.451 e. The van der Waals surface area contributed by atoms with Gasteiger partial charge in [0, 0.05) is 9.86 Å². The van der Waals surface area contributed by atoms with E-state index in [2.05, 4.69) is 21.2 Å². The van der Waals surface area contributed by atoms with Gasteiger partial charge in [0.15, 0.2) is 5.76 Å². The lowest BCUT2D eigenvalue weighted by atomic mass is 10.1. The minimum absolute atomic E-state index is 0.110. The van der Waals surface area contributed by atoms with Gasteiger partial charge in [-0.25, -0.2) is 0 Å². The molecule has 0 saturated carbocycles. The van der Waals surface area contributed by atoms with Crippen molar-refractivity contribution in [3.63, 3.8) is 0 Å². The standard InChI is InChI=1S/C17H14BrNO2/c1-11(13-7-3-4-8-14(13)18)19-17(20)16-10-12-6-2-5-9-15(12)21-16/h2-11H,1H3,(H,19,20)/t11-/m0/s1. The second kappa shape index (κ2) is 5.74. The molecule has 1 amide bonds. The summed E-state index contributed by atoms with van der Waals surface area (Å²) in [5.41, 5.74) is 1.75. The summed E-state index contributed by atoms with van der Waals surface area (Å²) in [5.74, 6) is 0.115. The average molecular weight is 344 g/mol. The van der Waals surface area contributed by atoms with Crippen molar-refractivity contribution in [3.05, 3.63) is 70.4 Å². The zero-order valence-electron chi connectivity index (χ0n) is 11.5. The number of furan rings is 1. The van der Waals surface area contributed by atoms with Crippen molar-refractivity contribution >= 4 is 32.8 Å². The number of carbonyl (C=O) groups is 1. The van der Waals surface area contributed by atoms with Crippen molar-refractivity contribution in [3.8, 4) is 0 Å². The predicted octanol–water partition coefficient (Wildman–Crippen LogP) is 4.69. The lowest BCUT2D eigenvalue weighted by molar-refractivity contribution is 0.0914. The Hall–Kier alpha value is -2.07. The zero-order chi connectivity index (χ0) is 14.8. The van der Waals surface area contributed by atoms with Crippen LogP contribution in [0.15, 0.2) is 63.5 Å². The summed E-state index contributed by atoms with van der Waals surface area (Å²) in [6.07, 6.45) is 0. The molecule has 106 valence electrons. The molecule has 4 heteroatoms. The third kappa shape index (κ3) is 2.85. The van der Waals surface area contributed by atoms with Gasteiger partial charge in [0.05, 0.1) is 6.04 Å². The topological polar surface area (TPSA) is 42.2 Å². The van der Waals surface area contributed by atoms with E-state index < -0.39 is 0 Å². The SMILES string of the molecule is C[C@H](NC(=O)c1cc2ccccc2o1)c1ccccc1Br. The zero-order valence-corrected chi connectivity index (χ0v) is 13.1. The van der Waals surface area contributed by atoms with E-state index in [-0.39, 0.29) is 11.9 Å². The molecule has 0 radical (unpaired) electrons. The van der Waals surface area contributed by atoms with E-state index in [1.54, 1.807) is 6.07 Å². The first-order chi connectivity index (χ1) is 10.1. The van der Waals surface area contributed by atoms with E-state index in [1.165, 1.54) is 0 Å². The molecule has 1 heterocycles. The number of hydrogen-bond donors (Lipinski definition) is 1. The molecule has 3 aromatic rings. The number of benzene rings is 2. The van der Waals surface area contributed by atoms with Crippen molar-refractivity contribution in [2.75, 3.05) is 0 Å². The average Bonchev–Trinajstić information content (AvgIpc) is 2.91. The predicted molar refractivity (Wildman–Crippen MR) is 86.2 cm³/mol. The molecule has 3 nitrogen and oxygen atoms in total. The first kappa shape index (κ1) is 13.9. The highest BCUT2D eigenvalue weighted by Gasteiger charge is 2.16. The quantitative estimate of drug-likeness (QED) is 0.749. The van der Waals surface area contributed by atoms with Crippen LogP contribution >= 0.6 is 15.9 Å². The molecule has 3 rings (SSSR count). The van der Waals surface area contributed by atoms with E-state index in [4.69, 9.17) is 4.42 Å². The van der Waals surface area contributed by atoms with Gasteiger partial charge in [-0.1, -0.05) is 52.3 Å². The van der Waals surface area contributed by atoms with Gasteiger partial charge in [0.25, 0.3) is 5.91 Å². The molecule has 0 fully saturated rings. The lowest BCUT2D eigenvalue weighted by Gasteiger charge is -2.14. The summed E-state index contributed by atoms with van der Waals surface area (Å²) >= 11 is 3.50. The van der Waals surface area contributed by atoms with Crippen molar-refractivity contribution in [2.45, 2.75) is 13.0 Å². The Morgan fingerprint density at radius 1 is 1.14 bits per heavy atom. The van der Waals surface area contributed by atoms with Crippen LogP contribution < -0.4 is 5.32 Å². The van der Waals surface area contributed by atoms with Crippen molar-refractivity contribution < 1.29 is 9.21 Å². The highest BCUT2D eigenvalue weighted by Crippen LogP contribution is 2.24. The number of carbonyl (C=O) groups excluding carboxylic acids is 1.